The number of benzene rings is 1. The Labute approximate surface area is 96.8 Å². The predicted molar refractivity (Wildman–Crippen MR) is 63.7 cm³/mol. The van der Waals surface area contributed by atoms with Crippen molar-refractivity contribution in [1.82, 2.24) is 10.4 Å². The van der Waals surface area contributed by atoms with E-state index in [0.717, 1.165) is 5.39 Å². The predicted octanol–water partition coefficient (Wildman–Crippen LogP) is 0.943. The van der Waals surface area contributed by atoms with Gasteiger partial charge >= 0.3 is 6.03 Å². The molecule has 0 aliphatic rings. The minimum absolute atomic E-state index is 0.0978. The SMILES string of the molecule is NC(=O)N/N=C/c1ccc2cccc(O)c2n1. The van der Waals surface area contributed by atoms with Crippen LogP contribution in [0.15, 0.2) is 35.4 Å². The highest BCUT2D eigenvalue weighted by molar-refractivity contribution is 5.88. The van der Waals surface area contributed by atoms with Crippen molar-refractivity contribution >= 4 is 23.1 Å². The Hall–Kier alpha value is -2.63. The number of urea groups is 1. The highest BCUT2D eigenvalue weighted by atomic mass is 16.3. The van der Waals surface area contributed by atoms with Crippen molar-refractivity contribution < 1.29 is 9.90 Å². The summed E-state index contributed by atoms with van der Waals surface area (Å²) in [5.41, 5.74) is 7.90. The minimum atomic E-state index is -0.745. The zero-order valence-electron chi connectivity index (χ0n) is 8.79. The smallest absolute Gasteiger partial charge is 0.332 e. The number of nitrogens with two attached hydrogens (primary N) is 1. The van der Waals surface area contributed by atoms with Crippen molar-refractivity contribution in [2.45, 2.75) is 0 Å². The highest BCUT2D eigenvalue weighted by Crippen LogP contribution is 2.21. The number of phenols is 1. The molecule has 0 fully saturated rings. The van der Waals surface area contributed by atoms with E-state index in [1.807, 2.05) is 6.07 Å². The highest BCUT2D eigenvalue weighted by Gasteiger charge is 2.01. The largest absolute Gasteiger partial charge is 0.506 e. The van der Waals surface area contributed by atoms with Crippen molar-refractivity contribution in [3.63, 3.8) is 0 Å². The van der Waals surface area contributed by atoms with Gasteiger partial charge in [0.15, 0.2) is 0 Å². The Morgan fingerprint density at radius 2 is 2.24 bits per heavy atom. The summed E-state index contributed by atoms with van der Waals surface area (Å²) in [7, 11) is 0. The quantitative estimate of drug-likeness (QED) is 0.528. The van der Waals surface area contributed by atoms with Crippen LogP contribution in [0.4, 0.5) is 4.79 Å². The molecule has 0 spiro atoms. The zero-order valence-corrected chi connectivity index (χ0v) is 8.79. The Balaban J connectivity index is 2.34. The molecule has 2 amide bonds. The van der Waals surface area contributed by atoms with E-state index in [0.29, 0.717) is 11.2 Å². The van der Waals surface area contributed by atoms with Crippen LogP contribution in [0, 0.1) is 0 Å². The number of hydrogen-bond acceptors (Lipinski definition) is 4. The zero-order chi connectivity index (χ0) is 12.3. The molecule has 2 rings (SSSR count). The minimum Gasteiger partial charge on any atom is -0.506 e. The van der Waals surface area contributed by atoms with Gasteiger partial charge in [-0.3, -0.25) is 0 Å². The number of fused-ring (bicyclic) bond motifs is 1. The Morgan fingerprint density at radius 3 is 3.00 bits per heavy atom. The lowest BCUT2D eigenvalue weighted by molar-refractivity contribution is 0.249. The van der Waals surface area contributed by atoms with Gasteiger partial charge in [-0.2, -0.15) is 5.10 Å². The number of hydrazone groups is 1. The van der Waals surface area contributed by atoms with Crippen LogP contribution in [0.3, 0.4) is 0 Å². The summed E-state index contributed by atoms with van der Waals surface area (Å²) < 4.78 is 0. The molecule has 1 heterocycles. The number of primary amides is 1. The molecule has 6 nitrogen and oxygen atoms in total. The first-order valence-electron chi connectivity index (χ1n) is 4.84. The van der Waals surface area contributed by atoms with Gasteiger partial charge in [0.05, 0.1) is 11.9 Å². The monoisotopic (exact) mass is 230 g/mol. The summed E-state index contributed by atoms with van der Waals surface area (Å²) in [5.74, 6) is 0.0978. The van der Waals surface area contributed by atoms with E-state index in [9.17, 15) is 9.90 Å². The third-order valence-corrected chi connectivity index (χ3v) is 2.09. The van der Waals surface area contributed by atoms with Crippen molar-refractivity contribution in [3.05, 3.63) is 36.0 Å². The lowest BCUT2D eigenvalue weighted by Crippen LogP contribution is -2.24. The first kappa shape index (κ1) is 10.9. The molecule has 6 heteroatoms. The molecule has 4 N–H and O–H groups in total. The molecular weight excluding hydrogens is 220 g/mol. The maximum absolute atomic E-state index is 10.4. The second-order valence-corrected chi connectivity index (χ2v) is 3.32. The first-order valence-corrected chi connectivity index (χ1v) is 4.84. The van der Waals surface area contributed by atoms with Gasteiger partial charge in [-0.05, 0) is 12.1 Å². The molecule has 0 unspecified atom stereocenters. The van der Waals surface area contributed by atoms with E-state index >= 15 is 0 Å². The van der Waals surface area contributed by atoms with E-state index in [4.69, 9.17) is 5.73 Å². The molecule has 86 valence electrons. The number of rotatable bonds is 2. The van der Waals surface area contributed by atoms with Crippen molar-refractivity contribution in [2.24, 2.45) is 10.8 Å². The maximum Gasteiger partial charge on any atom is 0.332 e. The summed E-state index contributed by atoms with van der Waals surface area (Å²) in [5, 5.41) is 14.0. The van der Waals surface area contributed by atoms with E-state index in [2.05, 4.69) is 15.5 Å². The van der Waals surface area contributed by atoms with Crippen LogP contribution < -0.4 is 11.2 Å². The third kappa shape index (κ3) is 2.49. The van der Waals surface area contributed by atoms with Crippen molar-refractivity contribution in [3.8, 4) is 5.75 Å². The maximum atomic E-state index is 10.4. The molecule has 0 aliphatic heterocycles. The van der Waals surface area contributed by atoms with E-state index in [-0.39, 0.29) is 5.75 Å². The summed E-state index contributed by atoms with van der Waals surface area (Å²) in [6.45, 7) is 0. The summed E-state index contributed by atoms with van der Waals surface area (Å²) >= 11 is 0. The molecular formula is C11H10N4O2. The number of aromatic nitrogens is 1. The Bertz CT molecular complexity index is 595. The van der Waals surface area contributed by atoms with Gasteiger partial charge in [0.1, 0.15) is 11.3 Å². The van der Waals surface area contributed by atoms with Gasteiger partial charge in [-0.1, -0.05) is 18.2 Å². The van der Waals surface area contributed by atoms with Crippen molar-refractivity contribution in [1.29, 1.82) is 0 Å². The number of nitrogens with one attached hydrogen (secondary N) is 1. The summed E-state index contributed by atoms with van der Waals surface area (Å²) in [4.78, 5) is 14.6. The lowest BCUT2D eigenvalue weighted by atomic mass is 10.2. The van der Waals surface area contributed by atoms with Gasteiger partial charge in [0.25, 0.3) is 0 Å². The Kier molecular flexibility index (Phi) is 2.87. The topological polar surface area (TPSA) is 101 Å². The molecule has 0 atom stereocenters. The second kappa shape index (κ2) is 4.48. The number of para-hydroxylation sites is 1. The average Bonchev–Trinajstić information content (AvgIpc) is 2.30. The standard InChI is InChI=1S/C11H10N4O2/c12-11(17)15-13-6-8-5-4-7-2-1-3-9(16)10(7)14-8/h1-6,16H,(H3,12,15,17)/b13-6+. The molecule has 1 aromatic heterocycles. The molecule has 1 aromatic carbocycles. The van der Waals surface area contributed by atoms with Crippen LogP contribution >= 0.6 is 0 Å². The lowest BCUT2D eigenvalue weighted by Gasteiger charge is -2.00. The Morgan fingerprint density at radius 1 is 1.41 bits per heavy atom. The number of carbonyl (C=O) groups is 1. The fraction of sp³-hybridized carbons (Fsp3) is 0. The van der Waals surface area contributed by atoms with E-state index < -0.39 is 6.03 Å². The van der Waals surface area contributed by atoms with Crippen LogP contribution in [-0.2, 0) is 0 Å². The third-order valence-electron chi connectivity index (χ3n) is 2.09. The molecule has 0 radical (unpaired) electrons. The average molecular weight is 230 g/mol. The molecule has 0 saturated heterocycles. The number of phenolic OH excluding ortho intramolecular Hbond substituents is 1. The fourth-order valence-corrected chi connectivity index (χ4v) is 1.38. The summed E-state index contributed by atoms with van der Waals surface area (Å²) in [6.07, 6.45) is 1.34. The van der Waals surface area contributed by atoms with Crippen LogP contribution in [0.1, 0.15) is 5.69 Å². The number of aromatic hydroxyl groups is 1. The molecule has 0 saturated carbocycles. The van der Waals surface area contributed by atoms with Crippen molar-refractivity contribution in [2.75, 3.05) is 0 Å². The molecule has 17 heavy (non-hydrogen) atoms. The van der Waals surface area contributed by atoms with Gasteiger partial charge in [-0.15, -0.1) is 0 Å². The molecule has 0 bridgehead atoms. The van der Waals surface area contributed by atoms with Gasteiger partial charge in [0.2, 0.25) is 0 Å². The number of nitrogens with zero attached hydrogens (tertiary/aromatic N) is 2. The normalized spacial score (nSPS) is 10.8. The fourth-order valence-electron chi connectivity index (χ4n) is 1.38. The van der Waals surface area contributed by atoms with Gasteiger partial charge < -0.3 is 10.8 Å². The van der Waals surface area contributed by atoms with Crippen LogP contribution in [0.25, 0.3) is 10.9 Å². The van der Waals surface area contributed by atoms with Crippen LogP contribution in [-0.4, -0.2) is 22.3 Å². The summed E-state index contributed by atoms with van der Waals surface area (Å²) in [6, 6.07) is 7.90. The molecule has 0 aliphatic carbocycles. The van der Waals surface area contributed by atoms with E-state index in [1.165, 1.54) is 6.21 Å². The van der Waals surface area contributed by atoms with Crippen LogP contribution in [0.5, 0.6) is 5.75 Å². The second-order valence-electron chi connectivity index (χ2n) is 3.32. The van der Waals surface area contributed by atoms with Gasteiger partial charge in [0, 0.05) is 5.39 Å². The number of amides is 2. The number of carbonyl (C=O) groups excluding carboxylic acids is 1. The molecule has 2 aromatic rings. The first-order chi connectivity index (χ1) is 8.16. The van der Waals surface area contributed by atoms with Gasteiger partial charge in [-0.25, -0.2) is 15.2 Å². The number of hydrogen-bond donors (Lipinski definition) is 3. The van der Waals surface area contributed by atoms with Crippen LogP contribution in [0.2, 0.25) is 0 Å². The number of pyridine rings is 1. The van der Waals surface area contributed by atoms with E-state index in [1.54, 1.807) is 24.3 Å².